The molecule has 0 N–H and O–H groups in total. The number of benzene rings is 4. The van der Waals surface area contributed by atoms with E-state index in [0.717, 1.165) is 44.4 Å². The van der Waals surface area contributed by atoms with Gasteiger partial charge in [0.25, 0.3) is 0 Å². The minimum Gasteiger partial charge on any atom is -0.438 e. The highest BCUT2D eigenvalue weighted by molar-refractivity contribution is 6.30. The summed E-state index contributed by atoms with van der Waals surface area (Å²) in [5.41, 5.74) is 4.78. The second-order valence-corrected chi connectivity index (χ2v) is 8.75. The number of hydrogen-bond donors (Lipinski definition) is 0. The van der Waals surface area contributed by atoms with Crippen LogP contribution < -0.4 is 4.74 Å². The summed E-state index contributed by atoms with van der Waals surface area (Å²) in [4.78, 5) is 9.58. The molecule has 0 radical (unpaired) electrons. The van der Waals surface area contributed by atoms with E-state index in [0.29, 0.717) is 16.7 Å². The third-order valence-corrected chi connectivity index (χ3v) is 6.59. The summed E-state index contributed by atoms with van der Waals surface area (Å²) >= 11 is 6.08. The molecule has 4 aromatic carbocycles. The quantitative estimate of drug-likeness (QED) is 0.282. The second-order valence-electron chi connectivity index (χ2n) is 8.32. The van der Waals surface area contributed by atoms with E-state index in [-0.39, 0.29) is 5.92 Å². The van der Waals surface area contributed by atoms with Crippen LogP contribution in [0, 0.1) is 0 Å². The number of rotatable bonds is 2. The van der Waals surface area contributed by atoms with E-state index in [9.17, 15) is 0 Å². The molecule has 1 aliphatic heterocycles. The van der Waals surface area contributed by atoms with Crippen molar-refractivity contribution in [1.82, 2.24) is 19.6 Å². The van der Waals surface area contributed by atoms with Gasteiger partial charge in [0.1, 0.15) is 12.1 Å². The molecule has 0 fully saturated rings. The molecule has 1 atom stereocenters. The lowest BCUT2D eigenvalue weighted by molar-refractivity contribution is 0.433. The van der Waals surface area contributed by atoms with Gasteiger partial charge in [0.05, 0.1) is 5.56 Å². The maximum Gasteiger partial charge on any atom is 0.228 e. The van der Waals surface area contributed by atoms with Gasteiger partial charge in [0, 0.05) is 22.1 Å². The first-order chi connectivity index (χ1) is 16.8. The summed E-state index contributed by atoms with van der Waals surface area (Å²) in [6.07, 6.45) is 1.66. The molecule has 2 aromatic heterocycles. The molecule has 0 bridgehead atoms. The predicted octanol–water partition coefficient (Wildman–Crippen LogP) is 6.88. The number of nitrogens with zero attached hydrogens (tertiary/aromatic N) is 4. The minimum atomic E-state index is -0.107. The van der Waals surface area contributed by atoms with Gasteiger partial charge in [-0.05, 0) is 46.7 Å². The molecule has 3 heterocycles. The Bertz CT molecular complexity index is 1690. The van der Waals surface area contributed by atoms with Crippen molar-refractivity contribution in [3.05, 3.63) is 119 Å². The summed E-state index contributed by atoms with van der Waals surface area (Å²) in [5, 5.41) is 7.70. The Labute approximate surface area is 200 Å². The van der Waals surface area contributed by atoms with Crippen molar-refractivity contribution in [1.29, 1.82) is 0 Å². The van der Waals surface area contributed by atoms with Crippen LogP contribution >= 0.6 is 11.6 Å². The largest absolute Gasteiger partial charge is 0.438 e. The van der Waals surface area contributed by atoms with Gasteiger partial charge in [0.2, 0.25) is 5.88 Å². The van der Waals surface area contributed by atoms with Crippen molar-refractivity contribution >= 4 is 28.0 Å². The number of aromatic nitrogens is 4. The molecular weight excluding hydrogens is 444 g/mol. The van der Waals surface area contributed by atoms with E-state index >= 15 is 0 Å². The van der Waals surface area contributed by atoms with Crippen molar-refractivity contribution in [2.45, 2.75) is 5.92 Å². The van der Waals surface area contributed by atoms with Gasteiger partial charge in [-0.15, -0.1) is 5.10 Å². The highest BCUT2D eigenvalue weighted by Crippen LogP contribution is 2.50. The Hall–Kier alpha value is -4.22. The van der Waals surface area contributed by atoms with Crippen LogP contribution in [0.2, 0.25) is 5.02 Å². The molecule has 7 rings (SSSR count). The summed E-state index contributed by atoms with van der Waals surface area (Å²) in [6.45, 7) is 0. The van der Waals surface area contributed by atoms with Gasteiger partial charge in [-0.2, -0.15) is 0 Å². The van der Waals surface area contributed by atoms with Crippen molar-refractivity contribution in [2.75, 3.05) is 0 Å². The average molecular weight is 461 g/mol. The fraction of sp³-hybridized carbons (Fsp3) is 0.0357. The summed E-state index contributed by atoms with van der Waals surface area (Å²) in [5.74, 6) is 1.88. The van der Waals surface area contributed by atoms with Crippen LogP contribution in [-0.4, -0.2) is 19.6 Å². The van der Waals surface area contributed by atoms with E-state index in [4.69, 9.17) is 26.4 Å². The van der Waals surface area contributed by atoms with Gasteiger partial charge in [-0.25, -0.2) is 14.5 Å². The Morgan fingerprint density at radius 3 is 2.44 bits per heavy atom. The van der Waals surface area contributed by atoms with Crippen LogP contribution in [-0.2, 0) is 0 Å². The maximum absolute atomic E-state index is 6.37. The van der Waals surface area contributed by atoms with Crippen LogP contribution in [0.25, 0.3) is 27.8 Å². The first-order valence-electron chi connectivity index (χ1n) is 11.0. The van der Waals surface area contributed by atoms with Crippen molar-refractivity contribution in [3.63, 3.8) is 0 Å². The molecule has 0 saturated carbocycles. The average Bonchev–Trinajstić information content (AvgIpc) is 3.33. The molecule has 0 amide bonds. The number of halogens is 1. The monoisotopic (exact) mass is 460 g/mol. The molecule has 0 saturated heterocycles. The number of ether oxygens (including phenoxy) is 1. The molecule has 0 spiro atoms. The first-order valence-corrected chi connectivity index (χ1v) is 11.4. The van der Waals surface area contributed by atoms with Crippen LogP contribution in [0.3, 0.4) is 0 Å². The van der Waals surface area contributed by atoms with Crippen molar-refractivity contribution in [3.8, 4) is 23.0 Å². The molecule has 162 valence electrons. The van der Waals surface area contributed by atoms with Crippen LogP contribution in [0.1, 0.15) is 22.6 Å². The fourth-order valence-electron chi connectivity index (χ4n) is 4.80. The van der Waals surface area contributed by atoms with E-state index in [1.54, 1.807) is 10.8 Å². The molecule has 0 aliphatic carbocycles. The normalized spacial score (nSPS) is 14.6. The van der Waals surface area contributed by atoms with Gasteiger partial charge in [-0.3, -0.25) is 0 Å². The Morgan fingerprint density at radius 2 is 1.59 bits per heavy atom. The summed E-state index contributed by atoms with van der Waals surface area (Å²) < 4.78 is 8.10. The molecule has 6 heteroatoms. The summed E-state index contributed by atoms with van der Waals surface area (Å²) in [6, 6.07) is 30.5. The Balaban J connectivity index is 1.53. The zero-order valence-electron chi connectivity index (χ0n) is 17.9. The predicted molar refractivity (Wildman–Crippen MR) is 133 cm³/mol. The molecular formula is C28H17ClN4O. The number of fused-ring (bicyclic) bond motifs is 6. The topological polar surface area (TPSA) is 52.3 Å². The van der Waals surface area contributed by atoms with Gasteiger partial charge >= 0.3 is 0 Å². The zero-order valence-corrected chi connectivity index (χ0v) is 18.6. The van der Waals surface area contributed by atoms with E-state index < -0.39 is 0 Å². The van der Waals surface area contributed by atoms with Gasteiger partial charge < -0.3 is 4.74 Å². The zero-order chi connectivity index (χ0) is 22.6. The van der Waals surface area contributed by atoms with Gasteiger partial charge in [-0.1, -0.05) is 72.3 Å². The van der Waals surface area contributed by atoms with Gasteiger partial charge in [0.15, 0.2) is 11.5 Å². The number of hydrogen-bond acceptors (Lipinski definition) is 4. The van der Waals surface area contributed by atoms with Crippen molar-refractivity contribution in [2.24, 2.45) is 0 Å². The van der Waals surface area contributed by atoms with E-state index in [2.05, 4.69) is 59.6 Å². The SMILES string of the molecule is Clc1ccc(-c2nc3c4c(ncn3n2)Oc2ccc3ccccc3c2C4c2ccccc2)cc1. The maximum atomic E-state index is 6.37. The molecule has 1 aliphatic rings. The minimum absolute atomic E-state index is 0.107. The lowest BCUT2D eigenvalue weighted by atomic mass is 9.81. The highest BCUT2D eigenvalue weighted by Gasteiger charge is 2.34. The highest BCUT2D eigenvalue weighted by atomic mass is 35.5. The van der Waals surface area contributed by atoms with E-state index in [1.807, 2.05) is 36.4 Å². The van der Waals surface area contributed by atoms with Crippen LogP contribution in [0.5, 0.6) is 11.6 Å². The fourth-order valence-corrected chi connectivity index (χ4v) is 4.93. The summed E-state index contributed by atoms with van der Waals surface area (Å²) in [7, 11) is 0. The molecule has 5 nitrogen and oxygen atoms in total. The standard InChI is InChI=1S/C28H17ClN4O/c29-20-13-10-19(11-14-20)26-31-27-25-23(18-7-2-1-3-8-18)24-21-9-5-4-6-17(21)12-15-22(24)34-28(25)30-16-33(27)32-26/h1-16,23H. The third kappa shape index (κ3) is 2.91. The van der Waals surface area contributed by atoms with Crippen molar-refractivity contribution < 1.29 is 4.74 Å². The lowest BCUT2D eigenvalue weighted by Gasteiger charge is -2.29. The smallest absolute Gasteiger partial charge is 0.228 e. The third-order valence-electron chi connectivity index (χ3n) is 6.34. The Morgan fingerprint density at radius 1 is 0.794 bits per heavy atom. The second kappa shape index (κ2) is 7.40. The molecule has 6 aromatic rings. The molecule has 1 unspecified atom stereocenters. The van der Waals surface area contributed by atoms with Crippen LogP contribution in [0.4, 0.5) is 0 Å². The van der Waals surface area contributed by atoms with Crippen LogP contribution in [0.15, 0.2) is 97.3 Å². The molecule has 34 heavy (non-hydrogen) atoms. The lowest BCUT2D eigenvalue weighted by Crippen LogP contribution is -2.15. The van der Waals surface area contributed by atoms with E-state index in [1.165, 1.54) is 0 Å². The first kappa shape index (κ1) is 19.3. The Kier molecular flexibility index (Phi) is 4.19.